The number of fused-ring (bicyclic) bond motifs is 1. The Balaban J connectivity index is 1.74. The van der Waals surface area contributed by atoms with Gasteiger partial charge in [-0.2, -0.15) is 4.98 Å². The number of para-hydroxylation sites is 1. The first-order chi connectivity index (χ1) is 12.2. The van der Waals surface area contributed by atoms with Gasteiger partial charge in [0.05, 0.1) is 5.52 Å². The van der Waals surface area contributed by atoms with Crippen molar-refractivity contribution >= 4 is 28.4 Å². The van der Waals surface area contributed by atoms with Crippen molar-refractivity contribution in [1.82, 2.24) is 9.97 Å². The zero-order chi connectivity index (χ0) is 17.2. The van der Waals surface area contributed by atoms with E-state index in [0.717, 1.165) is 41.4 Å². The van der Waals surface area contributed by atoms with E-state index >= 15 is 0 Å². The fraction of sp³-hybridized carbons (Fsp3) is 0.333. The number of nitrogens with one attached hydrogen (secondary N) is 1. The molecule has 3 aromatic rings. The molecule has 2 aromatic carbocycles. The second kappa shape index (κ2) is 6.71. The molecule has 1 aromatic heterocycles. The number of hydrogen-bond acceptors (Lipinski definition) is 4. The molecule has 1 aliphatic rings. The molecule has 4 nitrogen and oxygen atoms in total. The summed E-state index contributed by atoms with van der Waals surface area (Å²) in [5.41, 5.74) is 3.29. The first kappa shape index (κ1) is 15.9. The van der Waals surface area contributed by atoms with E-state index in [1.54, 1.807) is 0 Å². The van der Waals surface area contributed by atoms with Crippen LogP contribution in [0.3, 0.4) is 0 Å². The lowest BCUT2D eigenvalue weighted by Crippen LogP contribution is -2.35. The highest BCUT2D eigenvalue weighted by Gasteiger charge is 2.20. The summed E-state index contributed by atoms with van der Waals surface area (Å²) in [5, 5.41) is 4.54. The van der Waals surface area contributed by atoms with Crippen molar-refractivity contribution in [3.8, 4) is 0 Å². The Hall–Kier alpha value is -2.62. The minimum Gasteiger partial charge on any atom is -0.340 e. The van der Waals surface area contributed by atoms with Crippen LogP contribution in [-0.2, 0) is 0 Å². The summed E-state index contributed by atoms with van der Waals surface area (Å²) in [4.78, 5) is 12.0. The van der Waals surface area contributed by atoms with Crippen LogP contribution in [0.4, 0.5) is 17.5 Å². The summed E-state index contributed by atoms with van der Waals surface area (Å²) >= 11 is 0. The van der Waals surface area contributed by atoms with Crippen molar-refractivity contribution in [2.24, 2.45) is 5.92 Å². The molecule has 2 heterocycles. The van der Waals surface area contributed by atoms with Gasteiger partial charge in [-0.3, -0.25) is 0 Å². The average Bonchev–Trinajstić information content (AvgIpc) is 2.63. The molecule has 1 N–H and O–H groups in total. The highest BCUT2D eigenvalue weighted by molar-refractivity contribution is 5.91. The van der Waals surface area contributed by atoms with Gasteiger partial charge in [-0.05, 0) is 49.9 Å². The third-order valence-corrected chi connectivity index (χ3v) is 4.85. The molecule has 4 rings (SSSR count). The standard InChI is InChI=1S/C21H24N4/c1-15-9-11-17(12-10-15)22-20-18-7-3-4-8-19(18)23-21(24-20)25-13-5-6-16(2)14-25/h3-4,7-12,16H,5-6,13-14H2,1-2H3,(H,22,23,24). The maximum atomic E-state index is 4.88. The van der Waals surface area contributed by atoms with Crippen LogP contribution >= 0.6 is 0 Å². The predicted molar refractivity (Wildman–Crippen MR) is 105 cm³/mol. The summed E-state index contributed by atoms with van der Waals surface area (Å²) in [5.74, 6) is 2.40. The van der Waals surface area contributed by atoms with E-state index in [1.807, 2.05) is 12.1 Å². The van der Waals surface area contributed by atoms with Crippen molar-refractivity contribution in [2.45, 2.75) is 26.7 Å². The first-order valence-corrected chi connectivity index (χ1v) is 9.04. The lowest BCUT2D eigenvalue weighted by Gasteiger charge is -2.31. The third kappa shape index (κ3) is 3.43. The topological polar surface area (TPSA) is 41.1 Å². The van der Waals surface area contributed by atoms with Crippen LogP contribution in [0.2, 0.25) is 0 Å². The Labute approximate surface area is 148 Å². The molecule has 1 fully saturated rings. The van der Waals surface area contributed by atoms with Gasteiger partial charge in [-0.25, -0.2) is 4.98 Å². The van der Waals surface area contributed by atoms with Crippen LogP contribution in [0.5, 0.6) is 0 Å². The van der Waals surface area contributed by atoms with E-state index in [9.17, 15) is 0 Å². The van der Waals surface area contributed by atoms with E-state index in [2.05, 4.69) is 60.5 Å². The van der Waals surface area contributed by atoms with Crippen molar-refractivity contribution in [2.75, 3.05) is 23.3 Å². The molecule has 0 aliphatic carbocycles. The Morgan fingerprint density at radius 1 is 1.04 bits per heavy atom. The Morgan fingerprint density at radius 2 is 1.84 bits per heavy atom. The number of nitrogens with zero attached hydrogens (tertiary/aromatic N) is 3. The molecule has 0 spiro atoms. The molecule has 1 unspecified atom stereocenters. The second-order valence-electron chi connectivity index (χ2n) is 7.07. The molecule has 128 valence electrons. The first-order valence-electron chi connectivity index (χ1n) is 9.04. The summed E-state index contributed by atoms with van der Waals surface area (Å²) in [6.45, 7) is 6.47. The van der Waals surface area contributed by atoms with Gasteiger partial charge in [0.15, 0.2) is 0 Å². The second-order valence-corrected chi connectivity index (χ2v) is 7.07. The third-order valence-electron chi connectivity index (χ3n) is 4.85. The highest BCUT2D eigenvalue weighted by atomic mass is 15.3. The summed E-state index contributed by atoms with van der Waals surface area (Å²) in [6, 6.07) is 16.6. The number of hydrogen-bond donors (Lipinski definition) is 1. The van der Waals surface area contributed by atoms with Gasteiger partial charge in [0.25, 0.3) is 0 Å². The average molecular weight is 332 g/mol. The van der Waals surface area contributed by atoms with Gasteiger partial charge in [0, 0.05) is 24.2 Å². The summed E-state index contributed by atoms with van der Waals surface area (Å²) in [7, 11) is 0. The van der Waals surface area contributed by atoms with E-state index < -0.39 is 0 Å². The lowest BCUT2D eigenvalue weighted by atomic mass is 10.0. The Morgan fingerprint density at radius 3 is 2.64 bits per heavy atom. The molecular formula is C21H24N4. The van der Waals surface area contributed by atoms with Gasteiger partial charge >= 0.3 is 0 Å². The van der Waals surface area contributed by atoms with Crippen molar-refractivity contribution in [3.63, 3.8) is 0 Å². The maximum Gasteiger partial charge on any atom is 0.227 e. The molecule has 4 heteroatoms. The van der Waals surface area contributed by atoms with Gasteiger partial charge in [-0.15, -0.1) is 0 Å². The molecule has 25 heavy (non-hydrogen) atoms. The van der Waals surface area contributed by atoms with Gasteiger partial charge in [0.1, 0.15) is 5.82 Å². The van der Waals surface area contributed by atoms with Gasteiger partial charge in [-0.1, -0.05) is 36.8 Å². The van der Waals surface area contributed by atoms with Crippen LogP contribution in [0.25, 0.3) is 10.9 Å². The highest BCUT2D eigenvalue weighted by Crippen LogP contribution is 2.28. The minimum atomic E-state index is 0.692. The van der Waals surface area contributed by atoms with Crippen LogP contribution < -0.4 is 10.2 Å². The van der Waals surface area contributed by atoms with Gasteiger partial charge < -0.3 is 10.2 Å². The molecule has 0 bridgehead atoms. The van der Waals surface area contributed by atoms with E-state index in [0.29, 0.717) is 5.92 Å². The van der Waals surface area contributed by atoms with Crippen LogP contribution in [0, 0.1) is 12.8 Å². The number of anilines is 3. The summed E-state index contributed by atoms with van der Waals surface area (Å²) < 4.78 is 0. The molecule has 0 amide bonds. The monoisotopic (exact) mass is 332 g/mol. The Kier molecular flexibility index (Phi) is 4.26. The SMILES string of the molecule is Cc1ccc(Nc2nc(N3CCCC(C)C3)nc3ccccc23)cc1. The minimum absolute atomic E-state index is 0.692. The number of rotatable bonds is 3. The van der Waals surface area contributed by atoms with Crippen molar-refractivity contribution < 1.29 is 0 Å². The molecule has 1 saturated heterocycles. The number of piperidine rings is 1. The van der Waals surface area contributed by atoms with Crippen LogP contribution in [0.15, 0.2) is 48.5 Å². The molecule has 0 radical (unpaired) electrons. The van der Waals surface area contributed by atoms with Crippen LogP contribution in [0.1, 0.15) is 25.3 Å². The predicted octanol–water partition coefficient (Wildman–Crippen LogP) is 4.92. The molecule has 0 saturated carbocycles. The zero-order valence-corrected chi connectivity index (χ0v) is 14.9. The number of aryl methyl sites for hydroxylation is 1. The van der Waals surface area contributed by atoms with Gasteiger partial charge in [0.2, 0.25) is 5.95 Å². The lowest BCUT2D eigenvalue weighted by molar-refractivity contribution is 0.442. The molecule has 1 aliphatic heterocycles. The number of benzene rings is 2. The maximum absolute atomic E-state index is 4.88. The zero-order valence-electron chi connectivity index (χ0n) is 14.9. The smallest absolute Gasteiger partial charge is 0.227 e. The van der Waals surface area contributed by atoms with Crippen molar-refractivity contribution in [1.29, 1.82) is 0 Å². The number of aromatic nitrogens is 2. The van der Waals surface area contributed by atoms with E-state index in [1.165, 1.54) is 18.4 Å². The summed E-state index contributed by atoms with van der Waals surface area (Å²) in [6.07, 6.45) is 2.50. The van der Waals surface area contributed by atoms with E-state index in [-0.39, 0.29) is 0 Å². The fourth-order valence-electron chi connectivity index (χ4n) is 3.45. The quantitative estimate of drug-likeness (QED) is 0.739. The van der Waals surface area contributed by atoms with E-state index in [4.69, 9.17) is 9.97 Å². The Bertz CT molecular complexity index is 873. The fourth-order valence-corrected chi connectivity index (χ4v) is 3.45. The largest absolute Gasteiger partial charge is 0.340 e. The molecular weight excluding hydrogens is 308 g/mol. The molecule has 1 atom stereocenters. The van der Waals surface area contributed by atoms with Crippen LogP contribution in [-0.4, -0.2) is 23.1 Å². The van der Waals surface area contributed by atoms with Crippen molar-refractivity contribution in [3.05, 3.63) is 54.1 Å². The normalized spacial score (nSPS) is 17.7.